The monoisotopic (exact) mass is 293 g/mol. The van der Waals surface area contributed by atoms with E-state index in [2.05, 4.69) is 43.0 Å². The molecule has 0 unspecified atom stereocenters. The molecule has 18 heavy (non-hydrogen) atoms. The molecule has 1 aromatic carbocycles. The first-order valence-electron chi connectivity index (χ1n) is 5.23. The quantitative estimate of drug-likeness (QED) is 0.776. The molecule has 0 aliphatic carbocycles. The van der Waals surface area contributed by atoms with E-state index in [1.807, 2.05) is 6.07 Å². The Kier molecular flexibility index (Phi) is 16.0. The summed E-state index contributed by atoms with van der Waals surface area (Å²) in [7, 11) is 0. The maximum atomic E-state index is 5.36. The maximum absolute atomic E-state index is 5.36. The summed E-state index contributed by atoms with van der Waals surface area (Å²) in [6.45, 7) is 6.27. The van der Waals surface area contributed by atoms with E-state index < -0.39 is 0 Å². The molecule has 0 heterocycles. The van der Waals surface area contributed by atoms with Gasteiger partial charge in [-0.25, -0.2) is 0 Å². The maximum Gasteiger partial charge on any atom is 0.136 e. The van der Waals surface area contributed by atoms with E-state index in [0.29, 0.717) is 0 Å². The Hall–Kier alpha value is -0.660. The SMILES string of the molecule is CCN(CC)C(=S)SCc1ccccc1.O.O.O. The summed E-state index contributed by atoms with van der Waals surface area (Å²) in [5, 5.41) is 0. The Morgan fingerprint density at radius 2 is 1.56 bits per heavy atom. The van der Waals surface area contributed by atoms with Gasteiger partial charge in [0, 0.05) is 18.8 Å². The zero-order valence-electron chi connectivity index (χ0n) is 10.8. The Balaban J connectivity index is -0.000000750. The Bertz CT molecular complexity index is 305. The van der Waals surface area contributed by atoms with Crippen molar-refractivity contribution in [1.29, 1.82) is 0 Å². The lowest BCUT2D eigenvalue weighted by Crippen LogP contribution is -2.26. The second-order valence-corrected chi connectivity index (χ2v) is 4.82. The summed E-state index contributed by atoms with van der Waals surface area (Å²) < 4.78 is 1.00. The predicted molar refractivity (Wildman–Crippen MR) is 84.1 cm³/mol. The van der Waals surface area contributed by atoms with Crippen molar-refractivity contribution >= 4 is 28.3 Å². The van der Waals surface area contributed by atoms with Crippen LogP contribution < -0.4 is 0 Å². The fraction of sp³-hybridized carbons (Fsp3) is 0.417. The topological polar surface area (TPSA) is 97.7 Å². The van der Waals surface area contributed by atoms with Crippen molar-refractivity contribution in [2.75, 3.05) is 13.1 Å². The molecule has 0 atom stereocenters. The number of rotatable bonds is 4. The van der Waals surface area contributed by atoms with Crippen molar-refractivity contribution in [2.24, 2.45) is 0 Å². The van der Waals surface area contributed by atoms with Gasteiger partial charge in [-0.2, -0.15) is 0 Å². The van der Waals surface area contributed by atoms with Crippen molar-refractivity contribution in [3.63, 3.8) is 0 Å². The number of benzene rings is 1. The molecule has 0 fully saturated rings. The van der Waals surface area contributed by atoms with Gasteiger partial charge in [0.1, 0.15) is 4.32 Å². The van der Waals surface area contributed by atoms with E-state index in [-0.39, 0.29) is 16.4 Å². The van der Waals surface area contributed by atoms with Crippen LogP contribution in [0, 0.1) is 0 Å². The lowest BCUT2D eigenvalue weighted by Gasteiger charge is -2.20. The molecule has 0 radical (unpaired) electrons. The molecule has 0 bridgehead atoms. The third-order valence-electron chi connectivity index (χ3n) is 2.23. The number of hydrogen-bond acceptors (Lipinski definition) is 2. The van der Waals surface area contributed by atoms with Gasteiger partial charge in [0.25, 0.3) is 0 Å². The van der Waals surface area contributed by atoms with Crippen LogP contribution in [0.15, 0.2) is 30.3 Å². The van der Waals surface area contributed by atoms with Crippen molar-refractivity contribution in [3.05, 3.63) is 35.9 Å². The van der Waals surface area contributed by atoms with Crippen LogP contribution in [-0.2, 0) is 5.75 Å². The van der Waals surface area contributed by atoms with E-state index in [4.69, 9.17) is 12.2 Å². The van der Waals surface area contributed by atoms with E-state index in [1.54, 1.807) is 11.8 Å². The fourth-order valence-electron chi connectivity index (χ4n) is 1.29. The van der Waals surface area contributed by atoms with Crippen LogP contribution in [-0.4, -0.2) is 38.7 Å². The van der Waals surface area contributed by atoms with Crippen LogP contribution >= 0.6 is 24.0 Å². The number of hydrogen-bond donors (Lipinski definition) is 0. The van der Waals surface area contributed by atoms with Gasteiger partial charge >= 0.3 is 0 Å². The van der Waals surface area contributed by atoms with Crippen LogP contribution in [0.3, 0.4) is 0 Å². The van der Waals surface area contributed by atoms with Crippen molar-refractivity contribution < 1.29 is 16.4 Å². The highest BCUT2D eigenvalue weighted by molar-refractivity contribution is 8.22. The highest BCUT2D eigenvalue weighted by Crippen LogP contribution is 2.16. The molecule has 1 rings (SSSR count). The van der Waals surface area contributed by atoms with Crippen LogP contribution in [0.4, 0.5) is 0 Å². The highest BCUT2D eigenvalue weighted by atomic mass is 32.2. The van der Waals surface area contributed by atoms with E-state index in [1.165, 1.54) is 5.56 Å². The summed E-state index contributed by atoms with van der Waals surface area (Å²) in [5.74, 6) is 0.968. The molecule has 0 aliphatic heterocycles. The summed E-state index contributed by atoms with van der Waals surface area (Å²) in [5.41, 5.74) is 1.33. The third-order valence-corrected chi connectivity index (χ3v) is 3.82. The second kappa shape index (κ2) is 12.8. The molecule has 106 valence electrons. The van der Waals surface area contributed by atoms with Gasteiger partial charge in [-0.15, -0.1) is 0 Å². The van der Waals surface area contributed by atoms with E-state index in [9.17, 15) is 0 Å². The molecule has 0 spiro atoms. The zero-order valence-corrected chi connectivity index (χ0v) is 12.4. The van der Waals surface area contributed by atoms with Gasteiger partial charge in [0.15, 0.2) is 0 Å². The molecule has 6 N–H and O–H groups in total. The minimum absolute atomic E-state index is 0. The Labute approximate surface area is 118 Å². The Morgan fingerprint density at radius 3 is 2.00 bits per heavy atom. The van der Waals surface area contributed by atoms with E-state index in [0.717, 1.165) is 23.2 Å². The molecule has 1 aromatic rings. The van der Waals surface area contributed by atoms with Gasteiger partial charge in [-0.3, -0.25) is 0 Å². The number of nitrogens with zero attached hydrogens (tertiary/aromatic N) is 1. The molecule has 0 amide bonds. The minimum atomic E-state index is 0. The standard InChI is InChI=1S/C12H17NS2.3H2O/c1-3-13(4-2)12(14)15-10-11-8-6-5-7-9-11;;;/h5-9H,3-4,10H2,1-2H3;3*1H2. The van der Waals surface area contributed by atoms with Gasteiger partial charge in [-0.05, 0) is 19.4 Å². The van der Waals surface area contributed by atoms with Gasteiger partial charge in [0.2, 0.25) is 0 Å². The van der Waals surface area contributed by atoms with Gasteiger partial charge in [0.05, 0.1) is 0 Å². The molecule has 0 saturated heterocycles. The smallest absolute Gasteiger partial charge is 0.136 e. The zero-order chi connectivity index (χ0) is 11.1. The molecular weight excluding hydrogens is 270 g/mol. The normalized spacial score (nSPS) is 8.33. The molecule has 6 heteroatoms. The summed E-state index contributed by atoms with van der Waals surface area (Å²) in [4.78, 5) is 2.21. The second-order valence-electron chi connectivity index (χ2n) is 3.21. The van der Waals surface area contributed by atoms with Crippen LogP contribution in [0.1, 0.15) is 19.4 Å². The molecule has 0 aliphatic rings. The van der Waals surface area contributed by atoms with Gasteiger partial charge in [-0.1, -0.05) is 54.3 Å². The first-order chi connectivity index (χ1) is 7.27. The first kappa shape index (κ1) is 22.5. The minimum Gasteiger partial charge on any atom is -0.412 e. The summed E-state index contributed by atoms with van der Waals surface area (Å²) in [6.07, 6.45) is 0. The number of thioether (sulfide) groups is 1. The largest absolute Gasteiger partial charge is 0.412 e. The van der Waals surface area contributed by atoms with Crippen LogP contribution in [0.25, 0.3) is 0 Å². The average Bonchev–Trinajstić information content (AvgIpc) is 2.29. The molecule has 0 aromatic heterocycles. The van der Waals surface area contributed by atoms with E-state index >= 15 is 0 Å². The van der Waals surface area contributed by atoms with Crippen molar-refractivity contribution in [1.82, 2.24) is 4.90 Å². The van der Waals surface area contributed by atoms with Crippen LogP contribution in [0.2, 0.25) is 0 Å². The molecule has 4 nitrogen and oxygen atoms in total. The first-order valence-corrected chi connectivity index (χ1v) is 6.63. The molecular formula is C12H23NO3S2. The van der Waals surface area contributed by atoms with Crippen molar-refractivity contribution in [2.45, 2.75) is 19.6 Å². The average molecular weight is 293 g/mol. The lowest BCUT2D eigenvalue weighted by atomic mass is 10.2. The summed E-state index contributed by atoms with van der Waals surface area (Å²) >= 11 is 7.11. The Morgan fingerprint density at radius 1 is 1.06 bits per heavy atom. The van der Waals surface area contributed by atoms with Crippen molar-refractivity contribution in [3.8, 4) is 0 Å². The predicted octanol–water partition coefficient (Wildman–Crippen LogP) is 1.07. The highest BCUT2D eigenvalue weighted by Gasteiger charge is 2.05. The molecule has 0 saturated carbocycles. The third kappa shape index (κ3) is 7.62. The lowest BCUT2D eigenvalue weighted by molar-refractivity contribution is 0.482. The number of thiocarbonyl (C=S) groups is 1. The fourth-order valence-corrected chi connectivity index (χ4v) is 2.65. The van der Waals surface area contributed by atoms with Gasteiger partial charge < -0.3 is 21.3 Å². The van der Waals surface area contributed by atoms with Crippen LogP contribution in [0.5, 0.6) is 0 Å². The summed E-state index contributed by atoms with van der Waals surface area (Å²) in [6, 6.07) is 10.4.